The Balaban J connectivity index is 3.17. The molecule has 0 aliphatic carbocycles. The van der Waals surface area contributed by atoms with Gasteiger partial charge < -0.3 is 9.64 Å². The van der Waals surface area contributed by atoms with E-state index in [1.165, 1.54) is 0 Å². The highest BCUT2D eigenvalue weighted by atomic mass is 16.5. The molecule has 0 aliphatic heterocycles. The lowest BCUT2D eigenvalue weighted by molar-refractivity contribution is 0.0310. The number of ether oxygens (including phenoxy) is 1. The van der Waals surface area contributed by atoms with Crippen LogP contribution in [0.4, 0.5) is 0 Å². The van der Waals surface area contributed by atoms with Crippen LogP contribution < -0.4 is 0 Å². The molecular formula is C18H29N3O. The van der Waals surface area contributed by atoms with E-state index < -0.39 is 5.72 Å². The Labute approximate surface area is 134 Å². The van der Waals surface area contributed by atoms with Crippen molar-refractivity contribution in [2.24, 2.45) is 9.98 Å². The average molecular weight is 303 g/mol. The third-order valence-corrected chi connectivity index (χ3v) is 3.41. The molecular weight excluding hydrogens is 274 g/mol. The van der Waals surface area contributed by atoms with Crippen molar-refractivity contribution in [2.45, 2.75) is 59.4 Å². The van der Waals surface area contributed by atoms with Gasteiger partial charge in [0.05, 0.1) is 6.34 Å². The molecule has 4 nitrogen and oxygen atoms in total. The van der Waals surface area contributed by atoms with Crippen LogP contribution in [0.3, 0.4) is 0 Å². The molecule has 0 aromatic heterocycles. The smallest absolute Gasteiger partial charge is 0.159 e. The largest absolute Gasteiger partial charge is 0.358 e. The monoisotopic (exact) mass is 303 g/mol. The van der Waals surface area contributed by atoms with Gasteiger partial charge in [0.2, 0.25) is 0 Å². The molecule has 0 fully saturated rings. The van der Waals surface area contributed by atoms with E-state index in [9.17, 15) is 0 Å². The molecule has 0 unspecified atom stereocenters. The van der Waals surface area contributed by atoms with E-state index in [0.29, 0.717) is 17.9 Å². The molecule has 1 aromatic carbocycles. The maximum Gasteiger partial charge on any atom is 0.159 e. The molecule has 0 saturated heterocycles. The zero-order valence-electron chi connectivity index (χ0n) is 14.9. The molecule has 0 bridgehead atoms. The van der Waals surface area contributed by atoms with Gasteiger partial charge in [0.15, 0.2) is 11.6 Å². The Bertz CT molecular complexity index is 496. The first-order valence-electron chi connectivity index (χ1n) is 7.79. The molecule has 0 amide bonds. The Morgan fingerprint density at radius 2 is 1.64 bits per heavy atom. The van der Waals surface area contributed by atoms with Crippen LogP contribution in [-0.2, 0) is 4.74 Å². The summed E-state index contributed by atoms with van der Waals surface area (Å²) in [7, 11) is 1.66. The van der Waals surface area contributed by atoms with Gasteiger partial charge in [0.25, 0.3) is 0 Å². The molecule has 0 atom stereocenters. The van der Waals surface area contributed by atoms with Crippen LogP contribution in [0.2, 0.25) is 0 Å². The van der Waals surface area contributed by atoms with Crippen molar-refractivity contribution in [3.8, 4) is 0 Å². The summed E-state index contributed by atoms with van der Waals surface area (Å²) in [6, 6.07) is 10.8. The first-order valence-corrected chi connectivity index (χ1v) is 7.79. The normalized spacial score (nSPS) is 13.4. The van der Waals surface area contributed by atoms with Crippen LogP contribution in [0.15, 0.2) is 40.3 Å². The van der Waals surface area contributed by atoms with Crippen LogP contribution >= 0.6 is 0 Å². The number of amidine groups is 1. The molecule has 0 N–H and O–H groups in total. The Morgan fingerprint density at radius 1 is 1.09 bits per heavy atom. The first-order chi connectivity index (χ1) is 10.3. The second-order valence-corrected chi connectivity index (χ2v) is 6.33. The fraction of sp³-hybridized carbons (Fsp3) is 0.556. The highest BCUT2D eigenvalue weighted by Gasteiger charge is 2.17. The van der Waals surface area contributed by atoms with Gasteiger partial charge in [-0.05, 0) is 41.5 Å². The Hall–Kier alpha value is -1.68. The van der Waals surface area contributed by atoms with Crippen LogP contribution in [0.1, 0.15) is 47.1 Å². The van der Waals surface area contributed by atoms with Gasteiger partial charge in [-0.15, -0.1) is 0 Å². The molecule has 1 rings (SSSR count). The lowest BCUT2D eigenvalue weighted by Crippen LogP contribution is -2.36. The van der Waals surface area contributed by atoms with Gasteiger partial charge in [0.1, 0.15) is 0 Å². The van der Waals surface area contributed by atoms with Crippen molar-refractivity contribution in [3.05, 3.63) is 35.9 Å². The zero-order valence-corrected chi connectivity index (χ0v) is 14.9. The highest BCUT2D eigenvalue weighted by Crippen LogP contribution is 2.14. The summed E-state index contributed by atoms with van der Waals surface area (Å²) >= 11 is 0. The van der Waals surface area contributed by atoms with Gasteiger partial charge in [-0.1, -0.05) is 30.3 Å². The van der Waals surface area contributed by atoms with E-state index in [2.05, 4.69) is 42.6 Å². The van der Waals surface area contributed by atoms with Gasteiger partial charge in [-0.2, -0.15) is 0 Å². The maximum absolute atomic E-state index is 5.42. The third-order valence-electron chi connectivity index (χ3n) is 3.41. The summed E-state index contributed by atoms with van der Waals surface area (Å²) in [5, 5.41) is 0. The molecule has 0 spiro atoms. The third kappa shape index (κ3) is 5.60. The van der Waals surface area contributed by atoms with Gasteiger partial charge in [-0.25, -0.2) is 9.98 Å². The summed E-state index contributed by atoms with van der Waals surface area (Å²) in [4.78, 5) is 11.5. The van der Waals surface area contributed by atoms with E-state index in [1.807, 2.05) is 50.5 Å². The second kappa shape index (κ2) is 8.08. The molecule has 0 aliphatic rings. The highest BCUT2D eigenvalue weighted by molar-refractivity contribution is 6.03. The van der Waals surface area contributed by atoms with Crippen LogP contribution in [-0.4, -0.2) is 42.0 Å². The predicted octanol–water partition coefficient (Wildman–Crippen LogP) is 3.96. The van der Waals surface area contributed by atoms with E-state index in [1.54, 1.807) is 7.11 Å². The van der Waals surface area contributed by atoms with Crippen molar-refractivity contribution in [3.63, 3.8) is 0 Å². The molecule has 4 heteroatoms. The van der Waals surface area contributed by atoms with Crippen molar-refractivity contribution in [1.82, 2.24) is 4.90 Å². The average Bonchev–Trinajstić information content (AvgIpc) is 2.46. The lowest BCUT2D eigenvalue weighted by Gasteiger charge is -2.28. The summed E-state index contributed by atoms with van der Waals surface area (Å²) in [6.07, 6.45) is 1.88. The molecule has 22 heavy (non-hydrogen) atoms. The van der Waals surface area contributed by atoms with E-state index >= 15 is 0 Å². The number of methoxy groups -OCH3 is 1. The number of benzene rings is 1. The predicted molar refractivity (Wildman–Crippen MR) is 94.7 cm³/mol. The van der Waals surface area contributed by atoms with Crippen molar-refractivity contribution >= 4 is 12.2 Å². The van der Waals surface area contributed by atoms with Gasteiger partial charge in [-0.3, -0.25) is 0 Å². The first kappa shape index (κ1) is 18.4. The minimum atomic E-state index is -0.608. The summed E-state index contributed by atoms with van der Waals surface area (Å²) in [5.41, 5.74) is 0.375. The zero-order chi connectivity index (χ0) is 16.8. The molecule has 0 heterocycles. The SMILES string of the molecule is COC(C)(C)/N=C(/N=CN(C(C)C)C(C)C)c1ccccc1. The van der Waals surface area contributed by atoms with Crippen LogP contribution in [0.25, 0.3) is 0 Å². The Morgan fingerprint density at radius 3 is 2.09 bits per heavy atom. The Kier molecular flexibility index (Phi) is 6.75. The number of hydrogen-bond acceptors (Lipinski definition) is 2. The quantitative estimate of drug-likeness (QED) is 0.589. The number of nitrogens with zero attached hydrogens (tertiary/aromatic N) is 3. The van der Waals surface area contributed by atoms with Crippen molar-refractivity contribution in [1.29, 1.82) is 0 Å². The molecule has 1 aromatic rings. The molecule has 0 radical (unpaired) electrons. The molecule has 0 saturated carbocycles. The second-order valence-electron chi connectivity index (χ2n) is 6.33. The summed E-state index contributed by atoms with van der Waals surface area (Å²) in [6.45, 7) is 12.5. The van der Waals surface area contributed by atoms with Crippen molar-refractivity contribution < 1.29 is 4.74 Å². The fourth-order valence-corrected chi connectivity index (χ4v) is 2.04. The van der Waals surface area contributed by atoms with E-state index in [0.717, 1.165) is 5.56 Å². The van der Waals surface area contributed by atoms with Crippen molar-refractivity contribution in [2.75, 3.05) is 7.11 Å². The summed E-state index contributed by atoms with van der Waals surface area (Å²) < 4.78 is 5.42. The van der Waals surface area contributed by atoms with Gasteiger partial charge in [0, 0.05) is 24.8 Å². The minimum Gasteiger partial charge on any atom is -0.358 e. The number of rotatable bonds is 6. The molecule has 122 valence electrons. The summed E-state index contributed by atoms with van der Waals surface area (Å²) in [5.74, 6) is 0.679. The number of aliphatic imine (C=N–C) groups is 2. The van der Waals surface area contributed by atoms with Crippen LogP contribution in [0.5, 0.6) is 0 Å². The van der Waals surface area contributed by atoms with Crippen LogP contribution in [0, 0.1) is 0 Å². The number of hydrogen-bond donors (Lipinski definition) is 0. The minimum absolute atomic E-state index is 0.385. The maximum atomic E-state index is 5.42. The fourth-order valence-electron chi connectivity index (χ4n) is 2.04. The lowest BCUT2D eigenvalue weighted by atomic mass is 10.2. The van der Waals surface area contributed by atoms with E-state index in [4.69, 9.17) is 4.74 Å². The van der Waals surface area contributed by atoms with Gasteiger partial charge >= 0.3 is 0 Å². The topological polar surface area (TPSA) is 37.2 Å². The standard InChI is InChI=1S/C18H29N3O/c1-14(2)21(15(3)4)13-19-17(20-18(5,6)22-7)16-11-9-8-10-12-16/h8-15H,1-7H3/b19-13?,20-17+. The van der Waals surface area contributed by atoms with E-state index in [-0.39, 0.29) is 0 Å².